The molecule has 1 aliphatic heterocycles. The maximum Gasteiger partial charge on any atom is 0.339 e. The highest BCUT2D eigenvalue weighted by molar-refractivity contribution is 6.13. The number of rotatable bonds is 6. The third-order valence-corrected chi connectivity index (χ3v) is 5.46. The van der Waals surface area contributed by atoms with Crippen LogP contribution in [0.3, 0.4) is 0 Å². The van der Waals surface area contributed by atoms with Gasteiger partial charge in [0.2, 0.25) is 11.8 Å². The second kappa shape index (κ2) is 9.82. The Morgan fingerprint density at radius 2 is 1.97 bits per heavy atom. The van der Waals surface area contributed by atoms with Gasteiger partial charge in [-0.05, 0) is 62.6 Å². The SMILES string of the molecule is CCOC(=O)c1cncc(-c2cccc(N3C(=O)C(C(=O)NC(C)C)Cc4cccnc43)c2)c1. The summed E-state index contributed by atoms with van der Waals surface area (Å²) in [6, 6.07) is 12.6. The number of anilines is 2. The van der Waals surface area contributed by atoms with Gasteiger partial charge in [-0.2, -0.15) is 0 Å². The second-order valence-electron chi connectivity index (χ2n) is 8.31. The van der Waals surface area contributed by atoms with Crippen molar-refractivity contribution in [1.29, 1.82) is 0 Å². The number of fused-ring (bicyclic) bond motifs is 1. The molecule has 0 saturated carbocycles. The third-order valence-electron chi connectivity index (χ3n) is 5.46. The minimum absolute atomic E-state index is 0.0773. The number of carbonyl (C=O) groups is 3. The van der Waals surface area contributed by atoms with E-state index < -0.39 is 11.9 Å². The Bertz CT molecular complexity index is 1240. The van der Waals surface area contributed by atoms with Crippen molar-refractivity contribution in [2.75, 3.05) is 11.5 Å². The Morgan fingerprint density at radius 3 is 2.74 bits per heavy atom. The van der Waals surface area contributed by atoms with Crippen LogP contribution >= 0.6 is 0 Å². The van der Waals surface area contributed by atoms with Gasteiger partial charge in [0.25, 0.3) is 0 Å². The lowest BCUT2D eigenvalue weighted by Gasteiger charge is -2.33. The molecule has 2 aromatic heterocycles. The molecule has 1 aliphatic rings. The molecular weight excluding hydrogens is 432 g/mol. The molecule has 3 aromatic rings. The van der Waals surface area contributed by atoms with E-state index in [-0.39, 0.29) is 24.5 Å². The van der Waals surface area contributed by atoms with Crippen LogP contribution in [0.4, 0.5) is 11.5 Å². The summed E-state index contributed by atoms with van der Waals surface area (Å²) in [7, 11) is 0. The summed E-state index contributed by atoms with van der Waals surface area (Å²) in [4.78, 5) is 48.6. The first-order valence-electron chi connectivity index (χ1n) is 11.2. The molecule has 0 aliphatic carbocycles. The molecule has 3 heterocycles. The molecular formula is C26H26N4O4. The summed E-state index contributed by atoms with van der Waals surface area (Å²) < 4.78 is 5.07. The fraction of sp³-hybridized carbons (Fsp3) is 0.269. The van der Waals surface area contributed by atoms with Gasteiger partial charge >= 0.3 is 5.97 Å². The van der Waals surface area contributed by atoms with E-state index in [1.54, 1.807) is 37.5 Å². The smallest absolute Gasteiger partial charge is 0.339 e. The van der Waals surface area contributed by atoms with Crippen molar-refractivity contribution in [2.45, 2.75) is 33.2 Å². The van der Waals surface area contributed by atoms with Crippen LogP contribution in [0.1, 0.15) is 36.7 Å². The molecule has 0 bridgehead atoms. The largest absolute Gasteiger partial charge is 0.462 e. The summed E-state index contributed by atoms with van der Waals surface area (Å²) in [5.74, 6) is -1.42. The normalized spacial score (nSPS) is 15.1. The van der Waals surface area contributed by atoms with E-state index in [1.165, 1.54) is 11.1 Å². The third kappa shape index (κ3) is 4.66. The van der Waals surface area contributed by atoms with Crippen molar-refractivity contribution in [1.82, 2.24) is 15.3 Å². The number of carbonyl (C=O) groups excluding carboxylic acids is 3. The topological polar surface area (TPSA) is 101 Å². The quantitative estimate of drug-likeness (QED) is 0.447. The highest BCUT2D eigenvalue weighted by Gasteiger charge is 2.39. The highest BCUT2D eigenvalue weighted by atomic mass is 16.5. The first kappa shape index (κ1) is 23.1. The number of amides is 2. The Balaban J connectivity index is 1.74. The number of esters is 1. The maximum atomic E-state index is 13.5. The molecule has 0 spiro atoms. The molecule has 0 radical (unpaired) electrons. The molecule has 8 heteroatoms. The van der Waals surface area contributed by atoms with E-state index in [4.69, 9.17) is 4.74 Å². The summed E-state index contributed by atoms with van der Waals surface area (Å²) >= 11 is 0. The van der Waals surface area contributed by atoms with Crippen LogP contribution in [0.25, 0.3) is 11.1 Å². The van der Waals surface area contributed by atoms with Gasteiger partial charge in [-0.3, -0.25) is 19.5 Å². The van der Waals surface area contributed by atoms with Gasteiger partial charge in [0, 0.05) is 30.2 Å². The van der Waals surface area contributed by atoms with Crippen molar-refractivity contribution in [3.05, 3.63) is 72.2 Å². The van der Waals surface area contributed by atoms with E-state index in [9.17, 15) is 14.4 Å². The van der Waals surface area contributed by atoms with Gasteiger partial charge in [-0.15, -0.1) is 0 Å². The predicted octanol–water partition coefficient (Wildman–Crippen LogP) is 3.68. The van der Waals surface area contributed by atoms with Crippen LogP contribution in [0.5, 0.6) is 0 Å². The van der Waals surface area contributed by atoms with Gasteiger partial charge in [0.15, 0.2) is 0 Å². The van der Waals surface area contributed by atoms with Gasteiger partial charge in [-0.1, -0.05) is 18.2 Å². The number of nitrogens with zero attached hydrogens (tertiary/aromatic N) is 3. The van der Waals surface area contributed by atoms with Crippen molar-refractivity contribution in [3.63, 3.8) is 0 Å². The minimum atomic E-state index is -0.850. The fourth-order valence-corrected chi connectivity index (χ4v) is 3.95. The summed E-state index contributed by atoms with van der Waals surface area (Å²) in [6.45, 7) is 5.74. The number of pyridine rings is 2. The number of aromatic nitrogens is 2. The lowest BCUT2D eigenvalue weighted by Crippen LogP contribution is -2.47. The van der Waals surface area contributed by atoms with Crippen molar-refractivity contribution < 1.29 is 19.1 Å². The van der Waals surface area contributed by atoms with E-state index in [2.05, 4.69) is 15.3 Å². The van der Waals surface area contributed by atoms with Crippen molar-refractivity contribution in [2.24, 2.45) is 5.92 Å². The Morgan fingerprint density at radius 1 is 1.15 bits per heavy atom. The number of benzene rings is 1. The lowest BCUT2D eigenvalue weighted by atomic mass is 9.92. The number of hydrogen-bond acceptors (Lipinski definition) is 6. The van der Waals surface area contributed by atoms with Crippen molar-refractivity contribution in [3.8, 4) is 11.1 Å². The summed E-state index contributed by atoms with van der Waals surface area (Å²) in [5, 5.41) is 2.85. The monoisotopic (exact) mass is 458 g/mol. The summed E-state index contributed by atoms with van der Waals surface area (Å²) in [6.07, 6.45) is 5.02. The first-order chi connectivity index (χ1) is 16.4. The van der Waals surface area contributed by atoms with Crippen LogP contribution in [0.2, 0.25) is 0 Å². The first-order valence-corrected chi connectivity index (χ1v) is 11.2. The lowest BCUT2D eigenvalue weighted by molar-refractivity contribution is -0.134. The van der Waals surface area contributed by atoms with Crippen LogP contribution in [-0.2, 0) is 20.7 Å². The molecule has 34 heavy (non-hydrogen) atoms. The molecule has 1 aromatic carbocycles. The molecule has 4 rings (SSSR count). The van der Waals surface area contributed by atoms with Gasteiger partial charge in [0.05, 0.1) is 17.9 Å². The molecule has 1 unspecified atom stereocenters. The van der Waals surface area contributed by atoms with E-state index >= 15 is 0 Å². The zero-order valence-corrected chi connectivity index (χ0v) is 19.3. The average molecular weight is 459 g/mol. The second-order valence-corrected chi connectivity index (χ2v) is 8.31. The number of ether oxygens (including phenoxy) is 1. The molecule has 8 nitrogen and oxygen atoms in total. The van der Waals surface area contributed by atoms with E-state index in [0.717, 1.165) is 11.1 Å². The molecule has 1 atom stereocenters. The molecule has 0 fully saturated rings. The molecule has 0 saturated heterocycles. The predicted molar refractivity (Wildman–Crippen MR) is 127 cm³/mol. The van der Waals surface area contributed by atoms with Gasteiger partial charge in [-0.25, -0.2) is 9.78 Å². The minimum Gasteiger partial charge on any atom is -0.462 e. The van der Waals surface area contributed by atoms with E-state index in [1.807, 2.05) is 38.1 Å². The van der Waals surface area contributed by atoms with Gasteiger partial charge < -0.3 is 10.1 Å². The zero-order valence-electron chi connectivity index (χ0n) is 19.3. The number of nitrogens with one attached hydrogen (secondary N) is 1. The van der Waals surface area contributed by atoms with Crippen LogP contribution in [-0.4, -0.2) is 40.4 Å². The fourth-order valence-electron chi connectivity index (χ4n) is 3.95. The van der Waals surface area contributed by atoms with Crippen molar-refractivity contribution >= 4 is 29.3 Å². The Hall–Kier alpha value is -4.07. The standard InChI is InChI=1S/C26H26N4O4/c1-4-34-26(33)20-11-19(14-27-15-20)17-7-5-9-21(12-17)30-23-18(8-6-10-28-23)13-22(25(30)32)24(31)29-16(2)3/h5-12,14-16,22H,4,13H2,1-3H3,(H,29,31). The zero-order chi connectivity index (χ0) is 24.2. The Labute approximate surface area is 198 Å². The maximum absolute atomic E-state index is 13.5. The average Bonchev–Trinajstić information content (AvgIpc) is 2.83. The Kier molecular flexibility index (Phi) is 6.67. The number of hydrogen-bond donors (Lipinski definition) is 1. The summed E-state index contributed by atoms with van der Waals surface area (Å²) in [5.41, 5.74) is 3.20. The highest BCUT2D eigenvalue weighted by Crippen LogP contribution is 2.36. The van der Waals surface area contributed by atoms with E-state index in [0.29, 0.717) is 29.1 Å². The van der Waals surface area contributed by atoms with Crippen LogP contribution in [0, 0.1) is 5.92 Å². The molecule has 2 amide bonds. The van der Waals surface area contributed by atoms with Crippen LogP contribution in [0.15, 0.2) is 61.1 Å². The molecule has 174 valence electrons. The van der Waals surface area contributed by atoms with Gasteiger partial charge in [0.1, 0.15) is 11.7 Å². The van der Waals surface area contributed by atoms with Crippen LogP contribution < -0.4 is 10.2 Å². The molecule has 1 N–H and O–H groups in total.